The van der Waals surface area contributed by atoms with Gasteiger partial charge in [-0.3, -0.25) is 0 Å². The topological polar surface area (TPSA) is 40.5 Å². The lowest BCUT2D eigenvalue weighted by Crippen LogP contribution is -2.40. The molecule has 0 spiro atoms. The Bertz CT molecular complexity index is 913. The van der Waals surface area contributed by atoms with Crippen molar-refractivity contribution < 1.29 is 10.2 Å². The van der Waals surface area contributed by atoms with Crippen molar-refractivity contribution in [3.63, 3.8) is 0 Å². The second-order valence-electron chi connectivity index (χ2n) is 9.14. The molecule has 1 saturated carbocycles. The summed E-state index contributed by atoms with van der Waals surface area (Å²) in [5.74, 6) is 0.374. The van der Waals surface area contributed by atoms with E-state index in [1.807, 2.05) is 12.1 Å². The van der Waals surface area contributed by atoms with E-state index in [4.69, 9.17) is 0 Å². The van der Waals surface area contributed by atoms with E-state index in [9.17, 15) is 10.2 Å². The molecule has 3 atom stereocenters. The van der Waals surface area contributed by atoms with Crippen molar-refractivity contribution in [2.45, 2.75) is 63.4 Å². The summed E-state index contributed by atoms with van der Waals surface area (Å²) in [6.07, 6.45) is 6.89. The van der Waals surface area contributed by atoms with Gasteiger partial charge in [0.15, 0.2) is 0 Å². The number of allylic oxidation sites excluding steroid dienone is 1. The van der Waals surface area contributed by atoms with Gasteiger partial charge in [-0.1, -0.05) is 54.5 Å². The highest BCUT2D eigenvalue weighted by Gasteiger charge is 2.52. The highest BCUT2D eigenvalue weighted by molar-refractivity contribution is 5.52. The lowest BCUT2D eigenvalue weighted by Gasteiger charge is -2.49. The maximum atomic E-state index is 10.6. The third-order valence-electron chi connectivity index (χ3n) is 7.55. The van der Waals surface area contributed by atoms with Crippen LogP contribution in [-0.2, 0) is 18.3 Å². The summed E-state index contributed by atoms with van der Waals surface area (Å²) in [5, 5.41) is 20.6. The van der Waals surface area contributed by atoms with Crippen LogP contribution in [0.15, 0.2) is 59.7 Å². The number of aliphatic hydroxyl groups excluding tert-OH is 1. The van der Waals surface area contributed by atoms with Gasteiger partial charge in [0.05, 0.1) is 6.10 Å². The zero-order valence-corrected chi connectivity index (χ0v) is 16.0. The van der Waals surface area contributed by atoms with Gasteiger partial charge in [-0.2, -0.15) is 0 Å². The smallest absolute Gasteiger partial charge is 0.115 e. The molecule has 2 aromatic carbocycles. The largest absolute Gasteiger partial charge is 0.508 e. The van der Waals surface area contributed by atoms with Crippen LogP contribution in [0.3, 0.4) is 0 Å². The van der Waals surface area contributed by atoms with Crippen LogP contribution in [0.1, 0.15) is 55.7 Å². The van der Waals surface area contributed by atoms with Crippen LogP contribution in [0.5, 0.6) is 5.75 Å². The highest BCUT2D eigenvalue weighted by atomic mass is 16.3. The minimum Gasteiger partial charge on any atom is -0.508 e. The number of hydrogen-bond acceptors (Lipinski definition) is 2. The first kappa shape index (κ1) is 17.1. The molecule has 5 rings (SSSR count). The van der Waals surface area contributed by atoms with Crippen molar-refractivity contribution in [2.24, 2.45) is 5.41 Å². The Morgan fingerprint density at radius 3 is 2.63 bits per heavy atom. The van der Waals surface area contributed by atoms with E-state index < -0.39 is 0 Å². The summed E-state index contributed by atoms with van der Waals surface area (Å²) in [4.78, 5) is 0. The van der Waals surface area contributed by atoms with E-state index in [-0.39, 0.29) is 16.9 Å². The SMILES string of the molecule is C[C@@]12CC[C@]3(Cc4ccccc4)C[C@H](O)CC3=C1CCc1cc(O)ccc12. The summed E-state index contributed by atoms with van der Waals surface area (Å²) in [5.41, 5.74) is 7.39. The van der Waals surface area contributed by atoms with Crippen molar-refractivity contribution in [3.05, 3.63) is 76.4 Å². The average Bonchev–Trinajstić information content (AvgIpc) is 2.98. The number of rotatable bonds is 2. The molecule has 0 aromatic heterocycles. The molecule has 140 valence electrons. The van der Waals surface area contributed by atoms with Gasteiger partial charge in [-0.05, 0) is 79.2 Å². The van der Waals surface area contributed by atoms with Gasteiger partial charge in [0.25, 0.3) is 0 Å². The van der Waals surface area contributed by atoms with Gasteiger partial charge in [-0.15, -0.1) is 0 Å². The Labute approximate surface area is 161 Å². The standard InChI is InChI=1S/C25H28O2/c1-24-11-12-25(15-17-5-3-2-4-6-17)16-20(27)14-23(25)22(24)9-7-18-13-19(26)8-10-21(18)24/h2-6,8,10,13,20,26-27H,7,9,11-12,14-16H2,1H3/t20-,24+,25+/m1/s1. The van der Waals surface area contributed by atoms with Crippen LogP contribution >= 0.6 is 0 Å². The van der Waals surface area contributed by atoms with Gasteiger partial charge >= 0.3 is 0 Å². The molecule has 0 radical (unpaired) electrons. The number of aryl methyl sites for hydroxylation is 1. The van der Waals surface area contributed by atoms with Crippen LogP contribution in [0.25, 0.3) is 0 Å². The maximum Gasteiger partial charge on any atom is 0.115 e. The molecule has 0 amide bonds. The molecule has 0 unspecified atom stereocenters. The van der Waals surface area contributed by atoms with Crippen LogP contribution < -0.4 is 0 Å². The van der Waals surface area contributed by atoms with E-state index in [0.29, 0.717) is 5.75 Å². The summed E-state index contributed by atoms with van der Waals surface area (Å²) in [6, 6.07) is 16.7. The molecule has 2 nitrogen and oxygen atoms in total. The van der Waals surface area contributed by atoms with E-state index in [2.05, 4.69) is 43.3 Å². The quantitative estimate of drug-likeness (QED) is 0.734. The summed E-state index contributed by atoms with van der Waals surface area (Å²) in [6.45, 7) is 2.39. The molecule has 0 aliphatic heterocycles. The molecule has 2 heteroatoms. The van der Waals surface area contributed by atoms with Crippen molar-refractivity contribution >= 4 is 0 Å². The van der Waals surface area contributed by atoms with Gasteiger partial charge in [0.2, 0.25) is 0 Å². The van der Waals surface area contributed by atoms with Crippen molar-refractivity contribution in [3.8, 4) is 5.75 Å². The van der Waals surface area contributed by atoms with Crippen molar-refractivity contribution in [2.75, 3.05) is 0 Å². The second-order valence-corrected chi connectivity index (χ2v) is 9.14. The second kappa shape index (κ2) is 5.97. The monoisotopic (exact) mass is 360 g/mol. The molecule has 0 heterocycles. The van der Waals surface area contributed by atoms with Gasteiger partial charge in [0, 0.05) is 5.41 Å². The summed E-state index contributed by atoms with van der Waals surface area (Å²) in [7, 11) is 0. The van der Waals surface area contributed by atoms with Gasteiger partial charge in [-0.25, -0.2) is 0 Å². The fourth-order valence-corrected chi connectivity index (χ4v) is 6.33. The fourth-order valence-electron chi connectivity index (χ4n) is 6.33. The minimum atomic E-state index is -0.209. The maximum absolute atomic E-state index is 10.6. The predicted octanol–water partition coefficient (Wildman–Crippen LogP) is 5.07. The summed E-state index contributed by atoms with van der Waals surface area (Å²) >= 11 is 0. The molecular formula is C25H28O2. The first-order valence-electron chi connectivity index (χ1n) is 10.3. The Morgan fingerprint density at radius 2 is 1.81 bits per heavy atom. The number of aliphatic hydroxyl groups is 1. The Morgan fingerprint density at radius 1 is 1.00 bits per heavy atom. The first-order valence-corrected chi connectivity index (χ1v) is 10.3. The lowest BCUT2D eigenvalue weighted by molar-refractivity contribution is 0.149. The number of phenols is 1. The molecule has 27 heavy (non-hydrogen) atoms. The number of phenolic OH excluding ortho intramolecular Hbond substituents is 1. The van der Waals surface area contributed by atoms with Crippen LogP contribution in [0.2, 0.25) is 0 Å². The van der Waals surface area contributed by atoms with E-state index in [1.165, 1.54) is 16.7 Å². The molecular weight excluding hydrogens is 332 g/mol. The van der Waals surface area contributed by atoms with Crippen molar-refractivity contribution in [1.29, 1.82) is 0 Å². The van der Waals surface area contributed by atoms with Crippen molar-refractivity contribution in [1.82, 2.24) is 0 Å². The molecule has 0 bridgehead atoms. The number of hydrogen-bond donors (Lipinski definition) is 2. The Balaban J connectivity index is 1.62. The normalized spacial score (nSPS) is 32.0. The third kappa shape index (κ3) is 2.57. The van der Waals surface area contributed by atoms with E-state index >= 15 is 0 Å². The summed E-state index contributed by atoms with van der Waals surface area (Å²) < 4.78 is 0. The lowest BCUT2D eigenvalue weighted by atomic mass is 9.55. The zero-order chi connectivity index (χ0) is 18.6. The molecule has 1 fully saturated rings. The zero-order valence-electron chi connectivity index (χ0n) is 16.0. The number of benzene rings is 2. The third-order valence-corrected chi connectivity index (χ3v) is 7.55. The molecule has 0 saturated heterocycles. The van der Waals surface area contributed by atoms with Gasteiger partial charge < -0.3 is 10.2 Å². The van der Waals surface area contributed by atoms with Crippen LogP contribution in [0, 0.1) is 5.41 Å². The Kier molecular flexibility index (Phi) is 3.77. The fraction of sp³-hybridized carbons (Fsp3) is 0.440. The number of fused-ring (bicyclic) bond motifs is 4. The van der Waals surface area contributed by atoms with Crippen LogP contribution in [-0.4, -0.2) is 16.3 Å². The minimum absolute atomic E-state index is 0.0564. The molecule has 3 aliphatic carbocycles. The molecule has 3 aliphatic rings. The number of aromatic hydroxyl groups is 1. The molecule has 2 aromatic rings. The van der Waals surface area contributed by atoms with E-state index in [1.54, 1.807) is 11.1 Å². The average molecular weight is 360 g/mol. The molecule has 2 N–H and O–H groups in total. The highest BCUT2D eigenvalue weighted by Crippen LogP contribution is 2.61. The predicted molar refractivity (Wildman–Crippen MR) is 108 cm³/mol. The van der Waals surface area contributed by atoms with Crippen LogP contribution in [0.4, 0.5) is 0 Å². The van der Waals surface area contributed by atoms with E-state index in [0.717, 1.165) is 44.9 Å². The Hall–Kier alpha value is -2.06. The van der Waals surface area contributed by atoms with Gasteiger partial charge in [0.1, 0.15) is 5.75 Å². The first-order chi connectivity index (χ1) is 13.0.